The molecule has 8 bridgehead atoms. The normalized spacial score (nSPS) is 12.3. The Labute approximate surface area is 316 Å². The van der Waals surface area contributed by atoms with Crippen molar-refractivity contribution in [3.8, 4) is 45.6 Å². The molecule has 0 unspecified atom stereocenters. The van der Waals surface area contributed by atoms with E-state index in [0.29, 0.717) is 32.8 Å². The van der Waals surface area contributed by atoms with Crippen molar-refractivity contribution in [3.63, 3.8) is 0 Å². The number of nitrogens with one attached hydrogen (secondary N) is 2. The summed E-state index contributed by atoms with van der Waals surface area (Å²) < 4.78 is 89.1. The summed E-state index contributed by atoms with van der Waals surface area (Å²) in [5, 5.41) is 1.31. The number of hydrogen-bond donors (Lipinski definition) is 2. The van der Waals surface area contributed by atoms with Gasteiger partial charge >= 0.3 is 0 Å². The summed E-state index contributed by atoms with van der Waals surface area (Å²) in [6, 6.07) is 12.5. The second kappa shape index (κ2) is 11.3. The molecule has 0 spiro atoms. The van der Waals surface area contributed by atoms with Gasteiger partial charge in [0.1, 0.15) is 22.3 Å². The SMILES string of the molecule is Fc1cc2c(cc1F)-c1nc-2nc2[nH]c(nc3nc(nc4[nH]c(n1)c1nc5c6cccnc6c6ncccc6c5nc41)-c1cc(F)c(F)cc1-3)c1cc(F)c(F)cc21. The van der Waals surface area contributed by atoms with Crippen molar-refractivity contribution in [2.75, 3.05) is 0 Å². The smallest absolute Gasteiger partial charge is 0.164 e. The summed E-state index contributed by atoms with van der Waals surface area (Å²) in [7, 11) is 0. The molecule has 6 aromatic heterocycles. The molecule has 18 heteroatoms. The second-order valence-electron chi connectivity index (χ2n) is 13.5. The summed E-state index contributed by atoms with van der Waals surface area (Å²) in [4.78, 5) is 52.9. The molecular formula is C40H14F6N12. The maximum absolute atomic E-state index is 14.9. The number of aromatic amines is 2. The summed E-state index contributed by atoms with van der Waals surface area (Å²) in [6.07, 6.45) is 3.27. The second-order valence-corrected chi connectivity index (χ2v) is 13.5. The van der Waals surface area contributed by atoms with Crippen molar-refractivity contribution < 1.29 is 26.3 Å². The van der Waals surface area contributed by atoms with Crippen molar-refractivity contribution >= 4 is 77.2 Å². The van der Waals surface area contributed by atoms with Crippen molar-refractivity contribution in [3.05, 3.63) is 108 Å². The zero-order chi connectivity index (χ0) is 39.1. The Bertz CT molecular complexity index is 3500. The summed E-state index contributed by atoms with van der Waals surface area (Å²) in [6.45, 7) is 0. The van der Waals surface area contributed by atoms with E-state index < -0.39 is 34.9 Å². The number of fused-ring (bicyclic) bond motifs is 26. The zero-order valence-corrected chi connectivity index (χ0v) is 28.7. The molecule has 0 fully saturated rings. The van der Waals surface area contributed by atoms with Crippen molar-refractivity contribution in [2.24, 2.45) is 0 Å². The highest BCUT2D eigenvalue weighted by molar-refractivity contribution is 6.22. The number of H-pyrrole nitrogens is 2. The Hall–Kier alpha value is -8.02. The maximum atomic E-state index is 14.9. The van der Waals surface area contributed by atoms with Gasteiger partial charge in [-0.05, 0) is 60.7 Å². The first kappa shape index (κ1) is 32.2. The van der Waals surface area contributed by atoms with Gasteiger partial charge in [0.2, 0.25) is 0 Å². The van der Waals surface area contributed by atoms with Crippen LogP contribution in [0.3, 0.4) is 0 Å². The van der Waals surface area contributed by atoms with E-state index in [2.05, 4.69) is 39.9 Å². The predicted molar refractivity (Wildman–Crippen MR) is 199 cm³/mol. The van der Waals surface area contributed by atoms with Gasteiger partial charge in [-0.1, -0.05) is 0 Å². The minimum Gasteiger partial charge on any atom is -0.324 e. The van der Waals surface area contributed by atoms with Gasteiger partial charge in [-0.3, -0.25) is 9.97 Å². The fraction of sp³-hybridized carbons (Fsp3) is 0. The van der Waals surface area contributed by atoms with Crippen LogP contribution in [0.15, 0.2) is 73.1 Å². The predicted octanol–water partition coefficient (Wildman–Crippen LogP) is 8.74. The molecule has 10 aromatic rings. The highest BCUT2D eigenvalue weighted by atomic mass is 19.2. The first-order chi connectivity index (χ1) is 28.2. The van der Waals surface area contributed by atoms with Crippen LogP contribution in [0.25, 0.3) is 123 Å². The Balaban J connectivity index is 1.31. The van der Waals surface area contributed by atoms with Crippen LogP contribution in [-0.2, 0) is 0 Å². The van der Waals surface area contributed by atoms with E-state index in [1.807, 2.05) is 12.1 Å². The number of benzene rings is 4. The average molecular weight is 777 g/mol. The molecular weight excluding hydrogens is 763 g/mol. The molecule has 58 heavy (non-hydrogen) atoms. The zero-order valence-electron chi connectivity index (χ0n) is 28.7. The lowest BCUT2D eigenvalue weighted by atomic mass is 10.1. The molecule has 0 amide bonds. The molecule has 4 aromatic carbocycles. The van der Waals surface area contributed by atoms with Gasteiger partial charge in [0.05, 0.1) is 22.1 Å². The van der Waals surface area contributed by atoms with Crippen LogP contribution in [0, 0.1) is 34.9 Å². The largest absolute Gasteiger partial charge is 0.324 e. The lowest BCUT2D eigenvalue weighted by Gasteiger charge is -2.07. The molecule has 276 valence electrons. The van der Waals surface area contributed by atoms with Gasteiger partial charge in [-0.25, -0.2) is 66.2 Å². The molecule has 2 N–H and O–H groups in total. The molecule has 12 nitrogen and oxygen atoms in total. The third-order valence-electron chi connectivity index (χ3n) is 10.1. The standard InChI is InChI=1S/C40H14F6N12/c41-21-7-15-16(8-22(21)42)34-51-33(15)52-35-17-9-23(43)25(45)11-19(17)37(54-35)56-39-31-32(40(58-39)57-38-20-12-26(46)24(44)10-18(20)36(53-34)55-38)50-30-14-4-2-6-48-28(14)27-13(29(30)49-31)3-1-5-47-27/h1-12H,(H2,51,52,53,54,55,56,57,58). The minimum absolute atomic E-state index is 0.0254. The Morgan fingerprint density at radius 2 is 0.672 bits per heavy atom. The van der Waals surface area contributed by atoms with E-state index in [4.69, 9.17) is 19.9 Å². The van der Waals surface area contributed by atoms with Crippen molar-refractivity contribution in [1.29, 1.82) is 0 Å². The molecule has 0 saturated carbocycles. The topological polar surface area (TPSA) is 160 Å². The van der Waals surface area contributed by atoms with E-state index in [9.17, 15) is 26.3 Å². The lowest BCUT2D eigenvalue weighted by molar-refractivity contribution is 0.509. The van der Waals surface area contributed by atoms with E-state index >= 15 is 0 Å². The third-order valence-corrected chi connectivity index (χ3v) is 10.1. The van der Waals surface area contributed by atoms with Crippen LogP contribution >= 0.6 is 0 Å². The van der Waals surface area contributed by atoms with Gasteiger partial charge in [0.25, 0.3) is 0 Å². The Kier molecular flexibility index (Phi) is 6.27. The Morgan fingerprint density at radius 3 is 1.07 bits per heavy atom. The van der Waals surface area contributed by atoms with Crippen LogP contribution < -0.4 is 0 Å². The summed E-state index contributed by atoms with van der Waals surface area (Å²) in [5.41, 5.74) is 2.34. The first-order valence-corrected chi connectivity index (χ1v) is 17.3. The van der Waals surface area contributed by atoms with Crippen LogP contribution in [0.1, 0.15) is 0 Å². The maximum Gasteiger partial charge on any atom is 0.164 e. The number of halogens is 6. The van der Waals surface area contributed by atoms with E-state index in [-0.39, 0.29) is 89.9 Å². The number of nitrogens with zero attached hydrogens (tertiary/aromatic N) is 10. The fourth-order valence-corrected chi connectivity index (χ4v) is 7.51. The molecule has 8 heterocycles. The molecule has 0 saturated heterocycles. The van der Waals surface area contributed by atoms with Gasteiger partial charge in [0, 0.05) is 56.2 Å². The van der Waals surface area contributed by atoms with Crippen molar-refractivity contribution in [1.82, 2.24) is 59.8 Å². The van der Waals surface area contributed by atoms with Crippen LogP contribution in [0.5, 0.6) is 0 Å². The highest BCUT2D eigenvalue weighted by Crippen LogP contribution is 2.39. The van der Waals surface area contributed by atoms with Gasteiger partial charge < -0.3 is 9.97 Å². The molecule has 0 aliphatic carbocycles. The van der Waals surface area contributed by atoms with Crippen LogP contribution in [0.4, 0.5) is 26.3 Å². The Morgan fingerprint density at radius 1 is 0.328 bits per heavy atom. The summed E-state index contributed by atoms with van der Waals surface area (Å²) in [5.74, 6) is -7.78. The minimum atomic E-state index is -1.21. The molecule has 2 aliphatic heterocycles. The molecule has 12 rings (SSSR count). The van der Waals surface area contributed by atoms with E-state index in [1.54, 1.807) is 24.5 Å². The van der Waals surface area contributed by atoms with Crippen LogP contribution in [0.2, 0.25) is 0 Å². The fourth-order valence-electron chi connectivity index (χ4n) is 7.51. The van der Waals surface area contributed by atoms with E-state index in [0.717, 1.165) is 36.4 Å². The molecule has 0 radical (unpaired) electrons. The third kappa shape index (κ3) is 4.47. The van der Waals surface area contributed by atoms with Crippen molar-refractivity contribution in [2.45, 2.75) is 0 Å². The highest BCUT2D eigenvalue weighted by Gasteiger charge is 2.27. The quantitative estimate of drug-likeness (QED) is 0.113. The van der Waals surface area contributed by atoms with E-state index in [1.165, 1.54) is 0 Å². The number of aromatic nitrogens is 12. The van der Waals surface area contributed by atoms with Gasteiger partial charge in [-0.2, -0.15) is 0 Å². The molecule has 2 aliphatic rings. The van der Waals surface area contributed by atoms with Gasteiger partial charge in [0.15, 0.2) is 69.5 Å². The summed E-state index contributed by atoms with van der Waals surface area (Å²) >= 11 is 0. The number of pyridine rings is 2. The van der Waals surface area contributed by atoms with Crippen LogP contribution in [-0.4, -0.2) is 59.8 Å². The van der Waals surface area contributed by atoms with Gasteiger partial charge in [-0.15, -0.1) is 0 Å². The lowest BCUT2D eigenvalue weighted by Crippen LogP contribution is -1.93. The monoisotopic (exact) mass is 776 g/mol. The number of rotatable bonds is 0. The molecule has 0 atom stereocenters. The number of hydrogen-bond acceptors (Lipinski definition) is 10. The first-order valence-electron chi connectivity index (χ1n) is 17.3. The average Bonchev–Trinajstić information content (AvgIpc) is 3.93.